The van der Waals surface area contributed by atoms with E-state index in [-0.39, 0.29) is 23.2 Å². The molecule has 1 aliphatic rings. The maximum atomic E-state index is 13.2. The Morgan fingerprint density at radius 3 is 2.81 bits per heavy atom. The van der Waals surface area contributed by atoms with E-state index in [2.05, 4.69) is 10.3 Å². The van der Waals surface area contributed by atoms with Crippen molar-refractivity contribution < 1.29 is 18.7 Å². The summed E-state index contributed by atoms with van der Waals surface area (Å²) >= 11 is 5.70. The predicted molar refractivity (Wildman–Crippen MR) is 95.7 cm³/mol. The van der Waals surface area contributed by atoms with Gasteiger partial charge < -0.3 is 15.8 Å². The second kappa shape index (κ2) is 6.45. The van der Waals surface area contributed by atoms with E-state index in [1.807, 2.05) is 0 Å². The first-order valence-electron chi connectivity index (χ1n) is 7.70. The molecule has 1 aliphatic heterocycles. The molecule has 0 aliphatic carbocycles. The number of nitrogen functional groups attached to an aromatic ring is 1. The zero-order chi connectivity index (χ0) is 19.1. The van der Waals surface area contributed by atoms with Crippen molar-refractivity contribution in [2.45, 2.75) is 19.4 Å². The molecule has 3 rings (SSSR count). The molecule has 1 aromatic heterocycles. The molecule has 3 N–H and O–H groups in total. The summed E-state index contributed by atoms with van der Waals surface area (Å²) in [6, 6.07) is 6.93. The number of hydrogen-bond donors (Lipinski definition) is 2. The summed E-state index contributed by atoms with van der Waals surface area (Å²) in [5.41, 5.74) is 4.83. The number of anilines is 3. The van der Waals surface area contributed by atoms with Crippen molar-refractivity contribution in [3.63, 3.8) is 0 Å². The van der Waals surface area contributed by atoms with Gasteiger partial charge in [-0.05, 0) is 44.2 Å². The Morgan fingerprint density at radius 2 is 2.12 bits per heavy atom. The lowest BCUT2D eigenvalue weighted by atomic mass is 10.1. The van der Waals surface area contributed by atoms with E-state index in [0.717, 1.165) is 6.07 Å². The number of halogens is 2. The summed E-state index contributed by atoms with van der Waals surface area (Å²) in [4.78, 5) is 30.4. The molecular formula is C17H16ClFN4O3. The fourth-order valence-corrected chi connectivity index (χ4v) is 2.71. The van der Waals surface area contributed by atoms with Crippen LogP contribution >= 0.6 is 11.6 Å². The number of aromatic nitrogens is 1. The lowest BCUT2D eigenvalue weighted by molar-refractivity contribution is -0.133. The minimum atomic E-state index is -1.16. The van der Waals surface area contributed by atoms with E-state index < -0.39 is 23.2 Å². The predicted octanol–water partition coefficient (Wildman–Crippen LogP) is 2.60. The summed E-state index contributed by atoms with van der Waals surface area (Å²) in [6.45, 7) is 2.88. The van der Waals surface area contributed by atoms with Gasteiger partial charge >= 0.3 is 0 Å². The van der Waals surface area contributed by atoms with Gasteiger partial charge in [0.25, 0.3) is 5.91 Å². The molecule has 0 fully saturated rings. The van der Waals surface area contributed by atoms with Gasteiger partial charge in [0.15, 0.2) is 17.2 Å². The molecule has 2 amide bonds. The van der Waals surface area contributed by atoms with Crippen molar-refractivity contribution in [3.8, 4) is 5.75 Å². The fourth-order valence-electron chi connectivity index (χ4n) is 2.53. The highest BCUT2D eigenvalue weighted by Gasteiger charge is 2.42. The van der Waals surface area contributed by atoms with Gasteiger partial charge in [-0.2, -0.15) is 0 Å². The van der Waals surface area contributed by atoms with Gasteiger partial charge in [0.1, 0.15) is 18.2 Å². The lowest BCUT2D eigenvalue weighted by Crippen LogP contribution is -2.54. The minimum absolute atomic E-state index is 0.119. The quantitative estimate of drug-likeness (QED) is 0.855. The van der Waals surface area contributed by atoms with Crippen molar-refractivity contribution in [3.05, 3.63) is 41.2 Å². The Balaban J connectivity index is 1.85. The number of rotatable bonds is 3. The molecule has 0 saturated heterocycles. The first-order valence-corrected chi connectivity index (χ1v) is 8.07. The van der Waals surface area contributed by atoms with Crippen molar-refractivity contribution in [2.75, 3.05) is 22.5 Å². The summed E-state index contributed by atoms with van der Waals surface area (Å²) in [5.74, 6) is -0.828. The molecule has 9 heteroatoms. The second-order valence-corrected chi connectivity index (χ2v) is 6.65. The molecular weight excluding hydrogens is 363 g/mol. The lowest BCUT2D eigenvalue weighted by Gasteiger charge is -2.37. The maximum Gasteiger partial charge on any atom is 0.272 e. The van der Waals surface area contributed by atoms with Gasteiger partial charge in [0.05, 0.1) is 5.02 Å². The highest BCUT2D eigenvalue weighted by Crippen LogP contribution is 2.36. The van der Waals surface area contributed by atoms with E-state index in [1.165, 1.54) is 17.0 Å². The van der Waals surface area contributed by atoms with Crippen LogP contribution in [0.5, 0.6) is 5.75 Å². The van der Waals surface area contributed by atoms with Crippen LogP contribution in [-0.2, 0) is 9.59 Å². The van der Waals surface area contributed by atoms with E-state index in [9.17, 15) is 14.0 Å². The third-order valence-electron chi connectivity index (χ3n) is 3.75. The smallest absolute Gasteiger partial charge is 0.272 e. The van der Waals surface area contributed by atoms with Gasteiger partial charge in [-0.25, -0.2) is 9.37 Å². The number of nitrogens with two attached hydrogens (primary N) is 1. The topological polar surface area (TPSA) is 97.6 Å². The number of nitrogens with one attached hydrogen (secondary N) is 1. The van der Waals surface area contributed by atoms with Crippen molar-refractivity contribution >= 4 is 40.7 Å². The van der Waals surface area contributed by atoms with Crippen LogP contribution in [-0.4, -0.2) is 28.9 Å². The second-order valence-electron chi connectivity index (χ2n) is 6.24. The molecule has 0 saturated carbocycles. The monoisotopic (exact) mass is 378 g/mol. The molecule has 2 heterocycles. The largest absolute Gasteiger partial charge is 0.474 e. The molecule has 2 aromatic rings. The van der Waals surface area contributed by atoms with E-state index in [1.54, 1.807) is 26.0 Å². The number of benzene rings is 1. The third-order valence-corrected chi connectivity index (χ3v) is 4.04. The Labute approximate surface area is 153 Å². The first-order chi connectivity index (χ1) is 12.2. The highest BCUT2D eigenvalue weighted by molar-refractivity contribution is 6.31. The normalized spacial score (nSPS) is 15.2. The van der Waals surface area contributed by atoms with Crippen LogP contribution in [0.15, 0.2) is 30.3 Å². The van der Waals surface area contributed by atoms with Crippen LogP contribution in [0.1, 0.15) is 13.8 Å². The highest BCUT2D eigenvalue weighted by atomic mass is 35.5. The van der Waals surface area contributed by atoms with Crippen LogP contribution in [0.2, 0.25) is 5.02 Å². The summed E-state index contributed by atoms with van der Waals surface area (Å²) in [6.07, 6.45) is 0. The Morgan fingerprint density at radius 1 is 1.38 bits per heavy atom. The van der Waals surface area contributed by atoms with Crippen LogP contribution in [0.25, 0.3) is 0 Å². The first kappa shape index (κ1) is 17.9. The van der Waals surface area contributed by atoms with E-state index in [0.29, 0.717) is 11.4 Å². The van der Waals surface area contributed by atoms with Gasteiger partial charge in [0, 0.05) is 5.69 Å². The number of carbonyl (C=O) groups is 2. The molecule has 136 valence electrons. The van der Waals surface area contributed by atoms with Gasteiger partial charge in [-0.3, -0.25) is 14.5 Å². The number of pyridine rings is 1. The maximum absolute atomic E-state index is 13.2. The van der Waals surface area contributed by atoms with Crippen LogP contribution in [0.3, 0.4) is 0 Å². The molecule has 0 atom stereocenters. The zero-order valence-electron chi connectivity index (χ0n) is 14.0. The fraction of sp³-hybridized carbons (Fsp3) is 0.235. The van der Waals surface area contributed by atoms with Crippen molar-refractivity contribution in [1.29, 1.82) is 0 Å². The van der Waals surface area contributed by atoms with Crippen molar-refractivity contribution in [2.24, 2.45) is 0 Å². The Hall–Kier alpha value is -2.87. The van der Waals surface area contributed by atoms with E-state index in [4.69, 9.17) is 22.1 Å². The molecule has 0 radical (unpaired) electrons. The number of hydrogen-bond acceptors (Lipinski definition) is 5. The summed E-state index contributed by atoms with van der Waals surface area (Å²) in [7, 11) is 0. The van der Waals surface area contributed by atoms with Crippen LogP contribution in [0, 0.1) is 5.82 Å². The number of amides is 2. The van der Waals surface area contributed by atoms with E-state index >= 15 is 0 Å². The van der Waals surface area contributed by atoms with Gasteiger partial charge in [-0.15, -0.1) is 0 Å². The molecule has 0 spiro atoms. The minimum Gasteiger partial charge on any atom is -0.474 e. The van der Waals surface area contributed by atoms with Gasteiger partial charge in [0.2, 0.25) is 5.91 Å². The molecule has 7 nitrogen and oxygen atoms in total. The van der Waals surface area contributed by atoms with Crippen LogP contribution in [0.4, 0.5) is 21.7 Å². The SMILES string of the molecule is CC1(C)Oc2ccc(N)nc2N(CC(=O)Nc2ccc(F)c(Cl)c2)C1=O. The average Bonchev–Trinajstić information content (AvgIpc) is 2.56. The number of nitrogens with zero attached hydrogens (tertiary/aromatic N) is 2. The molecule has 1 aromatic carbocycles. The average molecular weight is 379 g/mol. The van der Waals surface area contributed by atoms with Crippen LogP contribution < -0.4 is 20.7 Å². The molecule has 0 bridgehead atoms. The van der Waals surface area contributed by atoms with Crippen molar-refractivity contribution in [1.82, 2.24) is 4.98 Å². The Bertz CT molecular complexity index is 904. The third kappa shape index (κ3) is 3.41. The zero-order valence-corrected chi connectivity index (χ0v) is 14.8. The molecule has 26 heavy (non-hydrogen) atoms. The molecule has 0 unspecified atom stereocenters. The summed E-state index contributed by atoms with van der Waals surface area (Å²) in [5, 5.41) is 2.45. The number of carbonyl (C=O) groups excluding carboxylic acids is 2. The Kier molecular flexibility index (Phi) is 4.45. The number of fused-ring (bicyclic) bond motifs is 1. The summed E-state index contributed by atoms with van der Waals surface area (Å²) < 4.78 is 18.9. The number of ether oxygens (including phenoxy) is 1. The van der Waals surface area contributed by atoms with Gasteiger partial charge in [-0.1, -0.05) is 11.6 Å². The standard InChI is InChI=1S/C17H16ClFN4O3/c1-17(2)16(25)23(15-12(26-17)5-6-13(20)22-15)8-14(24)21-9-3-4-11(19)10(18)7-9/h3-7H,8H2,1-2H3,(H2,20,22)(H,21,24).